The fraction of sp³-hybridized carbons (Fsp3) is 0.385. The van der Waals surface area contributed by atoms with Crippen LogP contribution in [0.25, 0.3) is 0 Å². The number of anilines is 1. The fourth-order valence-electron chi connectivity index (χ4n) is 2.06. The van der Waals surface area contributed by atoms with Crippen LogP contribution in [-0.2, 0) is 12.7 Å². The van der Waals surface area contributed by atoms with Crippen molar-refractivity contribution in [3.63, 3.8) is 0 Å². The summed E-state index contributed by atoms with van der Waals surface area (Å²) in [5.41, 5.74) is 6.28. The van der Waals surface area contributed by atoms with Crippen LogP contribution >= 0.6 is 0 Å². The minimum absolute atomic E-state index is 0.0933. The molecule has 0 radical (unpaired) electrons. The number of hydrogen-bond acceptors (Lipinski definition) is 3. The molecular formula is C13H15F3N4. The molecular weight excluding hydrogens is 269 g/mol. The molecule has 20 heavy (non-hydrogen) atoms. The maximum absolute atomic E-state index is 12.7. The molecule has 0 aliphatic heterocycles. The highest BCUT2D eigenvalue weighted by Gasteiger charge is 2.30. The topological polar surface area (TPSA) is 56.7 Å². The molecule has 1 heterocycles. The summed E-state index contributed by atoms with van der Waals surface area (Å²) >= 11 is 0. The Morgan fingerprint density at radius 2 is 2.00 bits per heavy atom. The summed E-state index contributed by atoms with van der Waals surface area (Å²) in [6.07, 6.45) is -4.35. The minimum Gasteiger partial charge on any atom is -0.381 e. The highest BCUT2D eigenvalue weighted by Crippen LogP contribution is 2.30. The molecule has 0 saturated carbocycles. The van der Waals surface area contributed by atoms with Gasteiger partial charge in [-0.05, 0) is 23.6 Å². The van der Waals surface area contributed by atoms with Crippen LogP contribution in [0.5, 0.6) is 0 Å². The van der Waals surface area contributed by atoms with E-state index in [1.54, 1.807) is 6.07 Å². The van der Waals surface area contributed by atoms with Crippen LogP contribution in [0.1, 0.15) is 36.6 Å². The van der Waals surface area contributed by atoms with Crippen molar-refractivity contribution in [2.75, 3.05) is 5.73 Å². The third-order valence-corrected chi connectivity index (χ3v) is 2.93. The molecule has 2 N–H and O–H groups in total. The van der Waals surface area contributed by atoms with Gasteiger partial charge in [-0.1, -0.05) is 31.2 Å². The molecule has 108 valence electrons. The van der Waals surface area contributed by atoms with Crippen LogP contribution in [0.4, 0.5) is 19.0 Å². The van der Waals surface area contributed by atoms with E-state index >= 15 is 0 Å². The first kappa shape index (κ1) is 14.4. The van der Waals surface area contributed by atoms with Crippen LogP contribution in [0, 0.1) is 0 Å². The van der Waals surface area contributed by atoms with Crippen LogP contribution in [-0.4, -0.2) is 15.0 Å². The summed E-state index contributed by atoms with van der Waals surface area (Å²) in [5, 5.41) is 7.66. The summed E-state index contributed by atoms with van der Waals surface area (Å²) < 4.78 is 39.5. The minimum atomic E-state index is -4.35. The predicted molar refractivity (Wildman–Crippen MR) is 69.1 cm³/mol. The molecule has 2 rings (SSSR count). The largest absolute Gasteiger partial charge is 0.416 e. The fourth-order valence-corrected chi connectivity index (χ4v) is 2.06. The lowest BCUT2D eigenvalue weighted by Gasteiger charge is -2.11. The molecule has 0 amide bonds. The zero-order valence-corrected chi connectivity index (χ0v) is 11.1. The average molecular weight is 284 g/mol. The molecule has 0 aliphatic rings. The van der Waals surface area contributed by atoms with Gasteiger partial charge in [0, 0.05) is 0 Å². The average Bonchev–Trinajstić information content (AvgIpc) is 2.69. The van der Waals surface area contributed by atoms with Crippen molar-refractivity contribution in [3.05, 3.63) is 41.1 Å². The molecule has 1 aromatic carbocycles. The van der Waals surface area contributed by atoms with Crippen LogP contribution in [0.3, 0.4) is 0 Å². The molecule has 4 nitrogen and oxygen atoms in total. The molecule has 0 saturated heterocycles. The Balaban J connectivity index is 2.31. The monoisotopic (exact) mass is 284 g/mol. The number of alkyl halides is 3. The van der Waals surface area contributed by atoms with Gasteiger partial charge in [0.1, 0.15) is 0 Å². The quantitative estimate of drug-likeness (QED) is 0.942. The zero-order valence-electron chi connectivity index (χ0n) is 11.1. The van der Waals surface area contributed by atoms with E-state index < -0.39 is 11.7 Å². The molecule has 7 heteroatoms. The smallest absolute Gasteiger partial charge is 0.381 e. The zero-order chi connectivity index (χ0) is 14.9. The SMILES string of the molecule is CC(C)c1c(N)nnn1Cc1cccc(C(F)(F)F)c1. The van der Waals surface area contributed by atoms with Crippen molar-refractivity contribution in [2.45, 2.75) is 32.5 Å². The first-order valence-corrected chi connectivity index (χ1v) is 6.14. The Bertz CT molecular complexity index is 602. The van der Waals surface area contributed by atoms with Gasteiger partial charge in [-0.2, -0.15) is 13.2 Å². The van der Waals surface area contributed by atoms with Gasteiger partial charge in [-0.3, -0.25) is 0 Å². The first-order chi connectivity index (χ1) is 9.29. The van der Waals surface area contributed by atoms with Gasteiger partial charge in [0.2, 0.25) is 0 Å². The Morgan fingerprint density at radius 3 is 2.60 bits per heavy atom. The lowest BCUT2D eigenvalue weighted by molar-refractivity contribution is -0.137. The molecule has 0 spiro atoms. The maximum Gasteiger partial charge on any atom is 0.416 e. The van der Waals surface area contributed by atoms with Crippen LogP contribution in [0.15, 0.2) is 24.3 Å². The molecule has 1 aromatic heterocycles. The standard InChI is InChI=1S/C13H15F3N4/c1-8(2)11-12(17)18-19-20(11)7-9-4-3-5-10(6-9)13(14,15)16/h3-6,8H,7,17H2,1-2H3. The second-order valence-corrected chi connectivity index (χ2v) is 4.87. The Kier molecular flexibility index (Phi) is 3.69. The van der Waals surface area contributed by atoms with Crippen molar-refractivity contribution in [2.24, 2.45) is 0 Å². The van der Waals surface area contributed by atoms with Crippen LogP contribution in [0.2, 0.25) is 0 Å². The van der Waals surface area contributed by atoms with Gasteiger partial charge >= 0.3 is 6.18 Å². The van der Waals surface area contributed by atoms with E-state index in [1.165, 1.54) is 10.7 Å². The Morgan fingerprint density at radius 1 is 1.30 bits per heavy atom. The number of nitrogens with zero attached hydrogens (tertiary/aromatic N) is 3. The van der Waals surface area contributed by atoms with Crippen molar-refractivity contribution in [3.8, 4) is 0 Å². The van der Waals surface area contributed by atoms with E-state index in [1.807, 2.05) is 13.8 Å². The van der Waals surface area contributed by atoms with Crippen molar-refractivity contribution >= 4 is 5.82 Å². The molecule has 0 atom stereocenters. The summed E-state index contributed by atoms with van der Waals surface area (Å²) in [6.45, 7) is 4.07. The van der Waals surface area contributed by atoms with Crippen molar-refractivity contribution in [1.29, 1.82) is 0 Å². The third-order valence-electron chi connectivity index (χ3n) is 2.93. The van der Waals surface area contributed by atoms with E-state index in [9.17, 15) is 13.2 Å². The first-order valence-electron chi connectivity index (χ1n) is 6.14. The van der Waals surface area contributed by atoms with Crippen molar-refractivity contribution in [1.82, 2.24) is 15.0 Å². The molecule has 0 fully saturated rings. The highest BCUT2D eigenvalue weighted by atomic mass is 19.4. The van der Waals surface area contributed by atoms with Gasteiger partial charge in [0.25, 0.3) is 0 Å². The second-order valence-electron chi connectivity index (χ2n) is 4.87. The summed E-state index contributed by atoms with van der Waals surface area (Å²) in [7, 11) is 0. The van der Waals surface area contributed by atoms with E-state index in [0.717, 1.165) is 17.8 Å². The Hall–Kier alpha value is -2.05. The highest BCUT2D eigenvalue weighted by molar-refractivity contribution is 5.36. The molecule has 0 bridgehead atoms. The van der Waals surface area contributed by atoms with Gasteiger partial charge in [-0.25, -0.2) is 4.68 Å². The summed E-state index contributed by atoms with van der Waals surface area (Å²) in [4.78, 5) is 0. The third kappa shape index (κ3) is 2.92. The molecule has 0 aliphatic carbocycles. The lowest BCUT2D eigenvalue weighted by atomic mass is 10.1. The maximum atomic E-state index is 12.7. The second kappa shape index (κ2) is 5.15. The number of halogens is 3. The van der Waals surface area contributed by atoms with E-state index in [0.29, 0.717) is 11.4 Å². The summed E-state index contributed by atoms with van der Waals surface area (Å²) in [5.74, 6) is 0.405. The van der Waals surface area contributed by atoms with Gasteiger partial charge in [0.15, 0.2) is 5.82 Å². The van der Waals surface area contributed by atoms with Crippen LogP contribution < -0.4 is 5.73 Å². The number of hydrogen-bond donors (Lipinski definition) is 1. The number of benzene rings is 1. The van der Waals surface area contributed by atoms with Gasteiger partial charge < -0.3 is 5.73 Å². The molecule has 2 aromatic rings. The lowest BCUT2D eigenvalue weighted by Crippen LogP contribution is -2.10. The molecule has 0 unspecified atom stereocenters. The van der Waals surface area contributed by atoms with E-state index in [4.69, 9.17) is 5.73 Å². The Labute approximate surface area is 114 Å². The van der Waals surface area contributed by atoms with E-state index in [2.05, 4.69) is 10.3 Å². The number of nitrogen functional groups attached to an aromatic ring is 1. The number of rotatable bonds is 3. The normalized spacial score (nSPS) is 12.1. The van der Waals surface area contributed by atoms with Gasteiger partial charge in [-0.15, -0.1) is 5.10 Å². The number of nitrogens with two attached hydrogens (primary N) is 1. The van der Waals surface area contributed by atoms with Gasteiger partial charge in [0.05, 0.1) is 17.8 Å². The summed E-state index contributed by atoms with van der Waals surface area (Å²) in [6, 6.07) is 5.16. The predicted octanol–water partition coefficient (Wildman–Crippen LogP) is 3.05. The van der Waals surface area contributed by atoms with E-state index in [-0.39, 0.29) is 12.5 Å². The van der Waals surface area contributed by atoms with Crippen molar-refractivity contribution < 1.29 is 13.2 Å². The number of aromatic nitrogens is 3.